The number of pyridine rings is 1. The summed E-state index contributed by atoms with van der Waals surface area (Å²) in [6, 6.07) is 17.1. The van der Waals surface area contributed by atoms with E-state index in [-0.39, 0.29) is 24.0 Å². The maximum Gasteiger partial charge on any atom is 0.193 e. The first kappa shape index (κ1) is 21.7. The Morgan fingerprint density at radius 2 is 1.96 bits per heavy atom. The fourth-order valence-electron chi connectivity index (χ4n) is 3.96. The number of guanidine groups is 1. The van der Waals surface area contributed by atoms with E-state index in [0.717, 1.165) is 37.7 Å². The number of nitrogens with zero attached hydrogens (tertiary/aromatic N) is 3. The molecule has 0 amide bonds. The van der Waals surface area contributed by atoms with Gasteiger partial charge in [-0.2, -0.15) is 0 Å². The second-order valence-corrected chi connectivity index (χ2v) is 6.97. The lowest BCUT2D eigenvalue weighted by Gasteiger charge is -2.40. The molecule has 1 aliphatic rings. The van der Waals surface area contributed by atoms with Crippen molar-refractivity contribution >= 4 is 29.9 Å². The predicted octanol–water partition coefficient (Wildman–Crippen LogP) is 4.33. The van der Waals surface area contributed by atoms with Gasteiger partial charge in [-0.15, -0.1) is 24.0 Å². The summed E-state index contributed by atoms with van der Waals surface area (Å²) in [6.07, 6.45) is 5.15. The van der Waals surface area contributed by atoms with Crippen LogP contribution in [0.3, 0.4) is 0 Å². The van der Waals surface area contributed by atoms with Gasteiger partial charge in [-0.3, -0.25) is 9.98 Å². The zero-order valence-electron chi connectivity index (χ0n) is 16.3. The maximum absolute atomic E-state index is 4.52. The van der Waals surface area contributed by atoms with Crippen molar-refractivity contribution in [1.29, 1.82) is 0 Å². The minimum absolute atomic E-state index is 0. The molecular formula is C22H31IN4. The van der Waals surface area contributed by atoms with Crippen LogP contribution in [-0.4, -0.2) is 42.5 Å². The van der Waals surface area contributed by atoms with Crippen molar-refractivity contribution in [2.45, 2.75) is 32.1 Å². The topological polar surface area (TPSA) is 40.5 Å². The largest absolute Gasteiger partial charge is 0.356 e. The number of aliphatic imine (C=N–C) groups is 1. The number of nitrogens with one attached hydrogen (secondary N) is 1. The SMILES string of the molecule is CCC1CN(C(=NC)NCCc2ccccn2)CCC1c1ccccc1.I. The van der Waals surface area contributed by atoms with Gasteiger partial charge < -0.3 is 10.2 Å². The molecule has 5 heteroatoms. The van der Waals surface area contributed by atoms with Gasteiger partial charge in [0.1, 0.15) is 0 Å². The minimum atomic E-state index is 0. The van der Waals surface area contributed by atoms with Crippen molar-refractivity contribution in [3.05, 3.63) is 66.0 Å². The number of hydrogen-bond acceptors (Lipinski definition) is 2. The molecule has 146 valence electrons. The summed E-state index contributed by atoms with van der Waals surface area (Å²) in [5, 5.41) is 3.52. The molecular weight excluding hydrogens is 447 g/mol. The average Bonchev–Trinajstić information content (AvgIpc) is 2.72. The molecule has 1 saturated heterocycles. The summed E-state index contributed by atoms with van der Waals surface area (Å²) >= 11 is 0. The fraction of sp³-hybridized carbons (Fsp3) is 0.455. The van der Waals surface area contributed by atoms with Crippen LogP contribution in [-0.2, 0) is 6.42 Å². The van der Waals surface area contributed by atoms with Crippen LogP contribution in [0.2, 0.25) is 0 Å². The normalized spacial score (nSPS) is 20.1. The smallest absolute Gasteiger partial charge is 0.193 e. The summed E-state index contributed by atoms with van der Waals surface area (Å²) in [5.74, 6) is 2.34. The van der Waals surface area contributed by atoms with Gasteiger partial charge in [0.25, 0.3) is 0 Å². The fourth-order valence-corrected chi connectivity index (χ4v) is 3.96. The van der Waals surface area contributed by atoms with Crippen LogP contribution in [0.25, 0.3) is 0 Å². The average molecular weight is 478 g/mol. The van der Waals surface area contributed by atoms with Crippen molar-refractivity contribution in [2.24, 2.45) is 10.9 Å². The van der Waals surface area contributed by atoms with Crippen molar-refractivity contribution < 1.29 is 0 Å². The quantitative estimate of drug-likeness (QED) is 0.395. The molecule has 1 aromatic carbocycles. The number of likely N-dealkylation sites (tertiary alicyclic amines) is 1. The van der Waals surface area contributed by atoms with Gasteiger partial charge in [0.2, 0.25) is 0 Å². The van der Waals surface area contributed by atoms with E-state index in [2.05, 4.69) is 63.5 Å². The highest BCUT2D eigenvalue weighted by atomic mass is 127. The number of rotatable bonds is 5. The number of hydrogen-bond donors (Lipinski definition) is 1. The highest BCUT2D eigenvalue weighted by Gasteiger charge is 2.30. The van der Waals surface area contributed by atoms with Crippen LogP contribution in [0, 0.1) is 5.92 Å². The Morgan fingerprint density at radius 1 is 1.19 bits per heavy atom. The second kappa shape index (κ2) is 11.3. The van der Waals surface area contributed by atoms with Crippen LogP contribution in [0.4, 0.5) is 0 Å². The Labute approximate surface area is 180 Å². The van der Waals surface area contributed by atoms with Crippen molar-refractivity contribution in [3.8, 4) is 0 Å². The summed E-state index contributed by atoms with van der Waals surface area (Å²) < 4.78 is 0. The Morgan fingerprint density at radius 3 is 2.63 bits per heavy atom. The summed E-state index contributed by atoms with van der Waals surface area (Å²) in [5.41, 5.74) is 2.60. The lowest BCUT2D eigenvalue weighted by Crippen LogP contribution is -2.48. The van der Waals surface area contributed by atoms with Gasteiger partial charge in [0, 0.05) is 45.0 Å². The Balaban J connectivity index is 0.00000261. The van der Waals surface area contributed by atoms with Crippen molar-refractivity contribution in [2.75, 3.05) is 26.7 Å². The Hall–Kier alpha value is -1.63. The highest BCUT2D eigenvalue weighted by Crippen LogP contribution is 2.34. The third-order valence-electron chi connectivity index (χ3n) is 5.39. The van der Waals surface area contributed by atoms with Gasteiger partial charge in [0.15, 0.2) is 5.96 Å². The molecule has 0 aliphatic carbocycles. The van der Waals surface area contributed by atoms with Crippen molar-refractivity contribution in [1.82, 2.24) is 15.2 Å². The Kier molecular flexibility index (Phi) is 9.04. The van der Waals surface area contributed by atoms with E-state index in [1.807, 2.05) is 25.4 Å². The number of halogens is 1. The van der Waals surface area contributed by atoms with Gasteiger partial charge >= 0.3 is 0 Å². The van der Waals surface area contributed by atoms with Crippen LogP contribution >= 0.6 is 24.0 Å². The molecule has 0 saturated carbocycles. The van der Waals surface area contributed by atoms with E-state index in [1.165, 1.54) is 18.4 Å². The van der Waals surface area contributed by atoms with E-state index in [9.17, 15) is 0 Å². The zero-order valence-corrected chi connectivity index (χ0v) is 18.7. The molecule has 1 aromatic heterocycles. The van der Waals surface area contributed by atoms with Crippen molar-refractivity contribution in [3.63, 3.8) is 0 Å². The molecule has 3 rings (SSSR count). The highest BCUT2D eigenvalue weighted by molar-refractivity contribution is 14.0. The first-order chi connectivity index (χ1) is 12.8. The van der Waals surface area contributed by atoms with Gasteiger partial charge in [-0.05, 0) is 36.0 Å². The molecule has 2 atom stereocenters. The molecule has 1 N–H and O–H groups in total. The molecule has 27 heavy (non-hydrogen) atoms. The molecule has 0 bridgehead atoms. The molecule has 0 spiro atoms. The Bertz CT molecular complexity index is 690. The monoisotopic (exact) mass is 478 g/mol. The number of aromatic nitrogens is 1. The predicted molar refractivity (Wildman–Crippen MR) is 124 cm³/mol. The van der Waals surface area contributed by atoms with E-state index in [4.69, 9.17) is 0 Å². The van der Waals surface area contributed by atoms with E-state index in [1.54, 1.807) is 0 Å². The third kappa shape index (κ3) is 5.92. The lowest BCUT2D eigenvalue weighted by molar-refractivity contribution is 0.216. The van der Waals surface area contributed by atoms with Crippen LogP contribution in [0.15, 0.2) is 59.7 Å². The molecule has 1 fully saturated rings. The van der Waals surface area contributed by atoms with Crippen LogP contribution in [0.1, 0.15) is 36.9 Å². The molecule has 1 aliphatic heterocycles. The first-order valence-electron chi connectivity index (χ1n) is 9.72. The molecule has 2 unspecified atom stereocenters. The van der Waals surface area contributed by atoms with E-state index >= 15 is 0 Å². The molecule has 2 heterocycles. The maximum atomic E-state index is 4.52. The van der Waals surface area contributed by atoms with Gasteiger partial charge in [-0.25, -0.2) is 0 Å². The minimum Gasteiger partial charge on any atom is -0.356 e. The van der Waals surface area contributed by atoms with Gasteiger partial charge in [-0.1, -0.05) is 49.7 Å². The molecule has 2 aromatic rings. The first-order valence-corrected chi connectivity index (χ1v) is 9.72. The number of benzene rings is 1. The zero-order chi connectivity index (χ0) is 18.2. The number of piperidine rings is 1. The summed E-state index contributed by atoms with van der Waals surface area (Å²) in [6.45, 7) is 5.29. The summed E-state index contributed by atoms with van der Waals surface area (Å²) in [4.78, 5) is 11.3. The van der Waals surface area contributed by atoms with Crippen LogP contribution < -0.4 is 5.32 Å². The standard InChI is InChI=1S/C22H30N4.HI/c1-3-18-17-26(16-13-21(18)19-9-5-4-6-10-19)22(23-2)25-15-12-20-11-7-8-14-24-20;/h4-11,14,18,21H,3,12-13,15-17H2,1-2H3,(H,23,25);1H. The van der Waals surface area contributed by atoms with E-state index < -0.39 is 0 Å². The molecule has 4 nitrogen and oxygen atoms in total. The van der Waals surface area contributed by atoms with Crippen LogP contribution in [0.5, 0.6) is 0 Å². The lowest BCUT2D eigenvalue weighted by atomic mass is 9.79. The molecule has 0 radical (unpaired) electrons. The van der Waals surface area contributed by atoms with Gasteiger partial charge in [0.05, 0.1) is 0 Å². The second-order valence-electron chi connectivity index (χ2n) is 6.97. The third-order valence-corrected chi connectivity index (χ3v) is 5.39. The summed E-state index contributed by atoms with van der Waals surface area (Å²) in [7, 11) is 1.88. The van der Waals surface area contributed by atoms with E-state index in [0.29, 0.717) is 11.8 Å².